The molecule has 0 aromatic heterocycles. The topological polar surface area (TPSA) is 29.4 Å². The molecule has 1 aromatic rings. The molecule has 1 aliphatic heterocycles. The van der Waals surface area contributed by atoms with Gasteiger partial charge in [0, 0.05) is 16.5 Å². The maximum absolute atomic E-state index is 11.9. The minimum atomic E-state index is -1.91. The standard InChI is InChI=1S/C10H12ClNOS/c1-8-9(11)4-2-5-10(8)12-14(13)6-3-7-14/h2,4-5H,3,6-7H2,1H3. The van der Waals surface area contributed by atoms with Gasteiger partial charge >= 0.3 is 0 Å². The number of rotatable bonds is 1. The first-order valence-corrected chi connectivity index (χ1v) is 6.81. The molecule has 2 nitrogen and oxygen atoms in total. The normalized spacial score (nSPS) is 18.7. The van der Waals surface area contributed by atoms with Crippen LogP contribution in [0, 0.1) is 6.92 Å². The minimum absolute atomic E-state index is 0.688. The Kier molecular flexibility index (Phi) is 2.54. The van der Waals surface area contributed by atoms with Gasteiger partial charge < -0.3 is 0 Å². The molecule has 0 spiro atoms. The first kappa shape index (κ1) is 9.99. The second-order valence-electron chi connectivity index (χ2n) is 3.51. The molecule has 0 N–H and O–H groups in total. The number of hydrogen-bond acceptors (Lipinski definition) is 2. The van der Waals surface area contributed by atoms with Gasteiger partial charge in [0.25, 0.3) is 0 Å². The van der Waals surface area contributed by atoms with Gasteiger partial charge in [0.05, 0.1) is 15.4 Å². The monoisotopic (exact) mass is 229 g/mol. The highest BCUT2D eigenvalue weighted by molar-refractivity contribution is 7.95. The van der Waals surface area contributed by atoms with Gasteiger partial charge in [-0.15, -0.1) is 0 Å². The van der Waals surface area contributed by atoms with Crippen molar-refractivity contribution in [1.82, 2.24) is 0 Å². The predicted molar refractivity (Wildman–Crippen MR) is 60.8 cm³/mol. The molecule has 1 heterocycles. The maximum atomic E-state index is 11.9. The Morgan fingerprint density at radius 1 is 1.43 bits per heavy atom. The Balaban J connectivity index is 2.48. The predicted octanol–water partition coefficient (Wildman–Crippen LogP) is 3.15. The van der Waals surface area contributed by atoms with E-state index in [4.69, 9.17) is 11.6 Å². The smallest absolute Gasteiger partial charge is 0.0774 e. The molecule has 0 saturated carbocycles. The largest absolute Gasteiger partial charge is 0.249 e. The van der Waals surface area contributed by atoms with Crippen LogP contribution in [0.15, 0.2) is 22.6 Å². The van der Waals surface area contributed by atoms with Crippen LogP contribution in [-0.4, -0.2) is 15.7 Å². The average molecular weight is 230 g/mol. The van der Waals surface area contributed by atoms with E-state index in [2.05, 4.69) is 4.36 Å². The van der Waals surface area contributed by atoms with Gasteiger partial charge in [-0.3, -0.25) is 0 Å². The number of nitrogens with zero attached hydrogens (tertiary/aromatic N) is 1. The van der Waals surface area contributed by atoms with Crippen LogP contribution in [0.5, 0.6) is 0 Å². The van der Waals surface area contributed by atoms with Crippen molar-refractivity contribution in [2.75, 3.05) is 11.5 Å². The van der Waals surface area contributed by atoms with E-state index in [0.717, 1.165) is 29.2 Å². The van der Waals surface area contributed by atoms with Crippen LogP contribution < -0.4 is 0 Å². The second-order valence-corrected chi connectivity index (χ2v) is 6.46. The fraction of sp³-hybridized carbons (Fsp3) is 0.400. The molecule has 1 aromatic carbocycles. The Morgan fingerprint density at radius 3 is 2.71 bits per heavy atom. The van der Waals surface area contributed by atoms with E-state index in [1.54, 1.807) is 0 Å². The lowest BCUT2D eigenvalue weighted by Gasteiger charge is -2.18. The summed E-state index contributed by atoms with van der Waals surface area (Å²) < 4.78 is 16.2. The van der Waals surface area contributed by atoms with Gasteiger partial charge in [-0.25, -0.2) is 4.21 Å². The van der Waals surface area contributed by atoms with E-state index in [-0.39, 0.29) is 0 Å². The SMILES string of the molecule is Cc1c(Cl)cccc1N=S1(=O)CCC1. The summed E-state index contributed by atoms with van der Waals surface area (Å²) in [5.41, 5.74) is 1.70. The van der Waals surface area contributed by atoms with Crippen LogP contribution >= 0.6 is 11.6 Å². The Bertz CT molecular complexity index is 465. The highest BCUT2D eigenvalue weighted by Gasteiger charge is 2.19. The fourth-order valence-electron chi connectivity index (χ4n) is 1.36. The van der Waals surface area contributed by atoms with Crippen molar-refractivity contribution in [2.45, 2.75) is 13.3 Å². The summed E-state index contributed by atoms with van der Waals surface area (Å²) in [5.74, 6) is 1.47. The van der Waals surface area contributed by atoms with Crippen LogP contribution in [0.4, 0.5) is 5.69 Å². The van der Waals surface area contributed by atoms with Gasteiger partial charge in [-0.05, 0) is 31.0 Å². The van der Waals surface area contributed by atoms with Crippen LogP contribution in [-0.2, 0) is 9.73 Å². The van der Waals surface area contributed by atoms with Crippen LogP contribution in [0.2, 0.25) is 5.02 Å². The third-order valence-corrected chi connectivity index (χ3v) is 5.22. The average Bonchev–Trinajstić information content (AvgIpc) is 2.10. The molecule has 1 aliphatic rings. The molecule has 0 bridgehead atoms. The van der Waals surface area contributed by atoms with Crippen molar-refractivity contribution in [3.05, 3.63) is 28.8 Å². The highest BCUT2D eigenvalue weighted by Crippen LogP contribution is 2.28. The van der Waals surface area contributed by atoms with Gasteiger partial charge in [0.2, 0.25) is 0 Å². The van der Waals surface area contributed by atoms with Gasteiger partial charge in [-0.2, -0.15) is 4.36 Å². The van der Waals surface area contributed by atoms with Crippen molar-refractivity contribution in [2.24, 2.45) is 4.36 Å². The van der Waals surface area contributed by atoms with Gasteiger partial charge in [-0.1, -0.05) is 17.7 Å². The van der Waals surface area contributed by atoms with E-state index >= 15 is 0 Å². The quantitative estimate of drug-likeness (QED) is 0.728. The number of hydrogen-bond donors (Lipinski definition) is 0. The third kappa shape index (κ3) is 1.79. The molecule has 0 atom stereocenters. The Hall–Kier alpha value is -0.540. The lowest BCUT2D eigenvalue weighted by Crippen LogP contribution is -2.23. The van der Waals surface area contributed by atoms with Crippen LogP contribution in [0.1, 0.15) is 12.0 Å². The molecule has 0 radical (unpaired) electrons. The second kappa shape index (κ2) is 3.55. The summed E-state index contributed by atoms with van der Waals surface area (Å²) in [5, 5.41) is 0.688. The van der Waals surface area contributed by atoms with Crippen molar-refractivity contribution >= 4 is 27.0 Å². The molecule has 76 valence electrons. The van der Waals surface area contributed by atoms with Crippen molar-refractivity contribution in [3.63, 3.8) is 0 Å². The van der Waals surface area contributed by atoms with Crippen molar-refractivity contribution < 1.29 is 4.21 Å². The lowest BCUT2D eigenvalue weighted by atomic mass is 10.2. The lowest BCUT2D eigenvalue weighted by molar-refractivity contribution is 0.663. The molecule has 2 rings (SSSR count). The van der Waals surface area contributed by atoms with Crippen molar-refractivity contribution in [1.29, 1.82) is 0 Å². The molecular weight excluding hydrogens is 218 g/mol. The van der Waals surface area contributed by atoms with Crippen molar-refractivity contribution in [3.8, 4) is 0 Å². The zero-order chi connectivity index (χ0) is 10.2. The summed E-state index contributed by atoms with van der Waals surface area (Å²) >= 11 is 5.95. The number of benzene rings is 1. The Labute approximate surface area is 89.5 Å². The van der Waals surface area contributed by atoms with Gasteiger partial charge in [0.1, 0.15) is 0 Å². The van der Waals surface area contributed by atoms with E-state index < -0.39 is 9.73 Å². The summed E-state index contributed by atoms with van der Waals surface area (Å²) in [6.45, 7) is 1.91. The zero-order valence-corrected chi connectivity index (χ0v) is 9.57. The van der Waals surface area contributed by atoms with Gasteiger partial charge in [0.15, 0.2) is 0 Å². The summed E-state index contributed by atoms with van der Waals surface area (Å²) in [6.07, 6.45) is 1.03. The van der Waals surface area contributed by atoms with Crippen LogP contribution in [0.25, 0.3) is 0 Å². The third-order valence-electron chi connectivity index (χ3n) is 2.43. The minimum Gasteiger partial charge on any atom is -0.249 e. The molecule has 14 heavy (non-hydrogen) atoms. The maximum Gasteiger partial charge on any atom is 0.0774 e. The zero-order valence-electron chi connectivity index (χ0n) is 8.00. The molecule has 0 amide bonds. The summed E-state index contributed by atoms with van der Waals surface area (Å²) in [7, 11) is -1.91. The van der Waals surface area contributed by atoms with Crippen LogP contribution in [0.3, 0.4) is 0 Å². The molecule has 1 saturated heterocycles. The Morgan fingerprint density at radius 2 is 2.14 bits per heavy atom. The summed E-state index contributed by atoms with van der Waals surface area (Å²) in [6, 6.07) is 5.53. The van der Waals surface area contributed by atoms with E-state index in [1.165, 1.54) is 0 Å². The summed E-state index contributed by atoms with van der Waals surface area (Å²) in [4.78, 5) is 0. The first-order valence-electron chi connectivity index (χ1n) is 4.58. The number of halogens is 1. The molecule has 0 unspecified atom stereocenters. The van der Waals surface area contributed by atoms with E-state index in [9.17, 15) is 4.21 Å². The van der Waals surface area contributed by atoms with E-state index in [0.29, 0.717) is 5.02 Å². The fourth-order valence-corrected chi connectivity index (χ4v) is 3.05. The molecular formula is C10H12ClNOS. The molecule has 4 heteroatoms. The highest BCUT2D eigenvalue weighted by atomic mass is 35.5. The van der Waals surface area contributed by atoms with E-state index in [1.807, 2.05) is 25.1 Å². The first-order chi connectivity index (χ1) is 6.61. The molecule has 0 aliphatic carbocycles. The molecule has 1 fully saturated rings.